The van der Waals surface area contributed by atoms with E-state index < -0.39 is 41.2 Å². The Labute approximate surface area is 150 Å². The second-order valence-electron chi connectivity index (χ2n) is 5.51. The Hall–Kier alpha value is -2.46. The summed E-state index contributed by atoms with van der Waals surface area (Å²) in [6.07, 6.45) is -8.20. The van der Waals surface area contributed by atoms with E-state index in [4.69, 9.17) is 10.5 Å². The summed E-state index contributed by atoms with van der Waals surface area (Å²) >= 11 is 0.566. The van der Waals surface area contributed by atoms with Crippen molar-refractivity contribution in [2.24, 2.45) is 5.73 Å². The quantitative estimate of drug-likeness (QED) is 0.740. The van der Waals surface area contributed by atoms with Crippen molar-refractivity contribution in [2.75, 3.05) is 0 Å². The third kappa shape index (κ3) is 4.20. The van der Waals surface area contributed by atoms with E-state index in [1.54, 1.807) is 18.2 Å². The average molecular weight is 388 g/mol. The van der Waals surface area contributed by atoms with Crippen molar-refractivity contribution in [3.05, 3.63) is 52.0 Å². The van der Waals surface area contributed by atoms with Crippen LogP contribution in [-0.4, -0.2) is 28.1 Å². The first-order chi connectivity index (χ1) is 12.0. The molecule has 6 nitrogen and oxygen atoms in total. The minimum Gasteiger partial charge on any atom is -0.447 e. The predicted molar refractivity (Wildman–Crippen MR) is 85.9 cm³/mol. The predicted octanol–water partition coefficient (Wildman–Crippen LogP) is 2.36. The molecule has 1 aromatic carbocycles. The molecule has 0 unspecified atom stereocenters. The van der Waals surface area contributed by atoms with Gasteiger partial charge in [-0.15, -0.1) is 11.3 Å². The summed E-state index contributed by atoms with van der Waals surface area (Å²) in [6, 6.07) is 7.59. The molecule has 140 valence electrons. The number of esters is 1. The van der Waals surface area contributed by atoms with E-state index in [0.29, 0.717) is 11.3 Å². The number of ether oxygens (including phenoxy) is 1. The first-order valence-corrected chi connectivity index (χ1v) is 8.18. The number of alkyl halides is 3. The number of hydrogen-bond donors (Lipinski definition) is 2. The van der Waals surface area contributed by atoms with Gasteiger partial charge in [-0.3, -0.25) is 9.59 Å². The van der Waals surface area contributed by atoms with Crippen LogP contribution in [0.15, 0.2) is 35.7 Å². The number of aryl methyl sites for hydroxylation is 1. The number of carbonyl (C=O) groups is 2. The second-order valence-corrected chi connectivity index (χ2v) is 6.37. The molecule has 2 rings (SSSR count). The highest BCUT2D eigenvalue weighted by Gasteiger charge is 2.58. The van der Waals surface area contributed by atoms with E-state index in [2.05, 4.69) is 4.98 Å². The third-order valence-corrected chi connectivity index (χ3v) is 4.56. The van der Waals surface area contributed by atoms with Gasteiger partial charge in [-0.05, 0) is 6.92 Å². The number of hydrogen-bond acceptors (Lipinski definition) is 6. The fourth-order valence-electron chi connectivity index (χ4n) is 2.14. The van der Waals surface area contributed by atoms with E-state index in [0.717, 1.165) is 0 Å². The number of nitrogens with two attached hydrogens (primary N) is 1. The van der Waals surface area contributed by atoms with Gasteiger partial charge in [-0.2, -0.15) is 13.2 Å². The van der Waals surface area contributed by atoms with Crippen LogP contribution in [0.4, 0.5) is 13.2 Å². The SMILES string of the molecule is Cc1csc([C@@](O)(CC(=O)O[C@@H](C(N)=O)c2ccccc2)C(F)(F)F)n1. The highest BCUT2D eigenvalue weighted by molar-refractivity contribution is 7.09. The molecule has 26 heavy (non-hydrogen) atoms. The van der Waals surface area contributed by atoms with Crippen molar-refractivity contribution < 1.29 is 32.6 Å². The first kappa shape index (κ1) is 19.9. The van der Waals surface area contributed by atoms with Crippen LogP contribution >= 0.6 is 11.3 Å². The van der Waals surface area contributed by atoms with Crippen LogP contribution < -0.4 is 5.73 Å². The lowest BCUT2D eigenvalue weighted by Crippen LogP contribution is -2.44. The summed E-state index contributed by atoms with van der Waals surface area (Å²) in [5, 5.41) is 10.8. The summed E-state index contributed by atoms with van der Waals surface area (Å²) in [5.41, 5.74) is 2.11. The number of halogens is 3. The normalized spacial score (nSPS) is 15.1. The Morgan fingerprint density at radius 2 is 1.92 bits per heavy atom. The zero-order chi connectivity index (χ0) is 19.5. The van der Waals surface area contributed by atoms with Gasteiger partial charge in [-0.1, -0.05) is 30.3 Å². The molecule has 0 spiro atoms. The molecule has 0 radical (unpaired) electrons. The fourth-order valence-corrected chi connectivity index (χ4v) is 3.06. The summed E-state index contributed by atoms with van der Waals surface area (Å²) in [5.74, 6) is -2.49. The number of benzene rings is 1. The number of primary amides is 1. The molecule has 0 bridgehead atoms. The van der Waals surface area contributed by atoms with Crippen molar-refractivity contribution in [3.8, 4) is 0 Å². The first-order valence-electron chi connectivity index (χ1n) is 7.30. The highest BCUT2D eigenvalue weighted by Crippen LogP contribution is 2.43. The number of rotatable bonds is 6. The van der Waals surface area contributed by atoms with Crippen LogP contribution in [0.1, 0.15) is 28.8 Å². The van der Waals surface area contributed by atoms with Crippen molar-refractivity contribution >= 4 is 23.2 Å². The van der Waals surface area contributed by atoms with Crippen LogP contribution in [-0.2, 0) is 19.9 Å². The van der Waals surface area contributed by atoms with Crippen LogP contribution in [0.2, 0.25) is 0 Å². The summed E-state index contributed by atoms with van der Waals surface area (Å²) in [4.78, 5) is 27.2. The van der Waals surface area contributed by atoms with Gasteiger partial charge >= 0.3 is 12.1 Å². The van der Waals surface area contributed by atoms with Crippen LogP contribution in [0.3, 0.4) is 0 Å². The molecule has 0 aliphatic rings. The second kappa shape index (κ2) is 7.42. The average Bonchev–Trinajstić information content (AvgIpc) is 2.99. The molecule has 0 saturated carbocycles. The van der Waals surface area contributed by atoms with Gasteiger partial charge < -0.3 is 15.6 Å². The molecule has 10 heteroatoms. The maximum absolute atomic E-state index is 13.4. The van der Waals surface area contributed by atoms with Crippen molar-refractivity contribution in [3.63, 3.8) is 0 Å². The molecule has 0 aliphatic carbocycles. The van der Waals surface area contributed by atoms with Gasteiger partial charge in [0.05, 0.1) is 6.42 Å². The Bertz CT molecular complexity index is 794. The number of thiazole rings is 1. The molecule has 1 amide bonds. The van der Waals surface area contributed by atoms with Crippen LogP contribution in [0.25, 0.3) is 0 Å². The van der Waals surface area contributed by atoms with Crippen molar-refractivity contribution in [1.82, 2.24) is 4.98 Å². The Morgan fingerprint density at radius 3 is 2.38 bits per heavy atom. The monoisotopic (exact) mass is 388 g/mol. The lowest BCUT2D eigenvalue weighted by atomic mass is 9.99. The Kier molecular flexibility index (Phi) is 5.67. The van der Waals surface area contributed by atoms with E-state index in [-0.39, 0.29) is 11.3 Å². The number of amides is 1. The molecule has 1 heterocycles. The topological polar surface area (TPSA) is 103 Å². The van der Waals surface area contributed by atoms with Gasteiger partial charge in [0.15, 0.2) is 0 Å². The zero-order valence-electron chi connectivity index (χ0n) is 13.5. The molecule has 2 atom stereocenters. The van der Waals surface area contributed by atoms with Gasteiger partial charge in [-0.25, -0.2) is 4.98 Å². The van der Waals surface area contributed by atoms with E-state index in [1.807, 2.05) is 0 Å². The fraction of sp³-hybridized carbons (Fsp3) is 0.312. The maximum Gasteiger partial charge on any atom is 0.424 e. The Morgan fingerprint density at radius 1 is 1.31 bits per heavy atom. The molecule has 3 N–H and O–H groups in total. The minimum absolute atomic E-state index is 0.203. The summed E-state index contributed by atoms with van der Waals surface area (Å²) < 4.78 is 45.0. The van der Waals surface area contributed by atoms with Gasteiger partial charge in [0.25, 0.3) is 5.91 Å². The number of aliphatic hydroxyl groups is 1. The molecule has 0 saturated heterocycles. The largest absolute Gasteiger partial charge is 0.447 e. The number of nitrogens with zero attached hydrogens (tertiary/aromatic N) is 1. The highest BCUT2D eigenvalue weighted by atomic mass is 32.1. The molecular formula is C16H15F3N2O4S. The third-order valence-electron chi connectivity index (χ3n) is 3.45. The van der Waals surface area contributed by atoms with E-state index >= 15 is 0 Å². The summed E-state index contributed by atoms with van der Waals surface area (Å²) in [6.45, 7) is 1.45. The lowest BCUT2D eigenvalue weighted by Gasteiger charge is -2.28. The zero-order valence-corrected chi connectivity index (χ0v) is 14.3. The minimum atomic E-state index is -5.18. The van der Waals surface area contributed by atoms with Crippen LogP contribution in [0, 0.1) is 6.92 Å². The van der Waals surface area contributed by atoms with E-state index in [9.17, 15) is 27.9 Å². The standard InChI is InChI=1S/C16H15F3N2O4S/c1-9-8-26-14(21-9)15(24,16(17,18)19)7-11(22)25-12(13(20)23)10-5-3-2-4-6-10/h2-6,8,12,24H,7H2,1H3,(H2,20,23)/t12-,15+/m1/s1. The lowest BCUT2D eigenvalue weighted by molar-refractivity contribution is -0.270. The number of carbonyl (C=O) groups excluding carboxylic acids is 2. The van der Waals surface area contributed by atoms with Gasteiger partial charge in [0.2, 0.25) is 11.7 Å². The molecule has 0 fully saturated rings. The maximum atomic E-state index is 13.4. The molecule has 2 aromatic rings. The van der Waals surface area contributed by atoms with Crippen molar-refractivity contribution in [2.45, 2.75) is 31.2 Å². The van der Waals surface area contributed by atoms with Crippen LogP contribution in [0.5, 0.6) is 0 Å². The van der Waals surface area contributed by atoms with Gasteiger partial charge in [0.1, 0.15) is 5.01 Å². The Balaban J connectivity index is 2.26. The molecule has 0 aliphatic heterocycles. The van der Waals surface area contributed by atoms with Gasteiger partial charge in [0, 0.05) is 16.6 Å². The molecule has 1 aromatic heterocycles. The number of aromatic nitrogens is 1. The van der Waals surface area contributed by atoms with Crippen molar-refractivity contribution in [1.29, 1.82) is 0 Å². The summed E-state index contributed by atoms with van der Waals surface area (Å²) in [7, 11) is 0. The smallest absolute Gasteiger partial charge is 0.424 e. The molecular weight excluding hydrogens is 373 g/mol. The van der Waals surface area contributed by atoms with E-state index in [1.165, 1.54) is 24.4 Å².